The molecule has 3 N–H and O–H groups in total. The number of halogens is 3. The monoisotopic (exact) mass is 844 g/mol. The number of hydrogen-bond donors (Lipinski definition) is 3. The Bertz CT molecular complexity index is 1670. The topological polar surface area (TPSA) is 168 Å². The number of nitrogens with one attached hydrogen (secondary N) is 2. The smallest absolute Gasteiger partial charge is 0.410 e. The van der Waals surface area contributed by atoms with Crippen molar-refractivity contribution >= 4 is 47.0 Å². The zero-order chi connectivity index (χ0) is 39.9. The van der Waals surface area contributed by atoms with Crippen molar-refractivity contribution in [2.45, 2.75) is 67.6 Å². The summed E-state index contributed by atoms with van der Waals surface area (Å²) in [4.78, 5) is 47.1. The maximum atomic E-state index is 11.7. The van der Waals surface area contributed by atoms with E-state index >= 15 is 0 Å². The van der Waals surface area contributed by atoms with Crippen molar-refractivity contribution in [1.29, 1.82) is 0 Å². The van der Waals surface area contributed by atoms with Crippen LogP contribution in [-0.4, -0.2) is 112 Å². The molecule has 3 aromatic heterocycles. The number of aliphatic hydroxyl groups is 1. The summed E-state index contributed by atoms with van der Waals surface area (Å²) in [7, 11) is 0. The van der Waals surface area contributed by atoms with Crippen molar-refractivity contribution in [1.82, 2.24) is 30.1 Å². The molecular formula is C39H59Cl3N6O8. The number of aromatic amines is 1. The van der Waals surface area contributed by atoms with Gasteiger partial charge in [0.1, 0.15) is 38.2 Å². The Morgan fingerprint density at radius 3 is 1.54 bits per heavy atom. The average molecular weight is 846 g/mol. The average Bonchev–Trinajstić information content (AvgIpc) is 2.98. The predicted molar refractivity (Wildman–Crippen MR) is 221 cm³/mol. The molecule has 314 valence electrons. The van der Waals surface area contributed by atoms with Crippen LogP contribution in [0.15, 0.2) is 59.8 Å². The first-order chi connectivity index (χ1) is 25.4. The van der Waals surface area contributed by atoms with E-state index in [1.165, 1.54) is 18.3 Å². The SMILES string of the molecule is C.C.CC(C)(C)OC(=O)N1CC(CO)C1.CC(C)(C)OC(=O)N1CC(COc2ccnc(Cl)c2)C1.Clc1cc(OCC2CNC2)ccn1.O=c1cc[nH]c(Cl)c1. The van der Waals surface area contributed by atoms with Crippen LogP contribution >= 0.6 is 34.8 Å². The van der Waals surface area contributed by atoms with Crippen LogP contribution < -0.4 is 20.2 Å². The Morgan fingerprint density at radius 1 is 0.750 bits per heavy atom. The fourth-order valence-electron chi connectivity index (χ4n) is 4.57. The van der Waals surface area contributed by atoms with Gasteiger partial charge in [0.05, 0.1) is 13.2 Å². The maximum Gasteiger partial charge on any atom is 0.410 e. The van der Waals surface area contributed by atoms with Gasteiger partial charge in [-0.1, -0.05) is 49.7 Å². The van der Waals surface area contributed by atoms with Gasteiger partial charge in [-0.15, -0.1) is 0 Å². The maximum absolute atomic E-state index is 11.7. The molecule has 2 amide bonds. The van der Waals surface area contributed by atoms with Crippen LogP contribution in [0.5, 0.6) is 11.5 Å². The van der Waals surface area contributed by atoms with Gasteiger partial charge in [0, 0.05) is 106 Å². The van der Waals surface area contributed by atoms with Crippen LogP contribution in [0, 0.1) is 17.8 Å². The summed E-state index contributed by atoms with van der Waals surface area (Å²) < 4.78 is 21.6. The van der Waals surface area contributed by atoms with E-state index in [0.29, 0.717) is 65.8 Å². The summed E-state index contributed by atoms with van der Waals surface area (Å²) in [6, 6.07) is 9.71. The van der Waals surface area contributed by atoms with Gasteiger partial charge < -0.3 is 44.2 Å². The minimum absolute atomic E-state index is 0. The Labute approximate surface area is 346 Å². The van der Waals surface area contributed by atoms with Crippen LogP contribution in [0.1, 0.15) is 56.4 Å². The number of likely N-dealkylation sites (tertiary alicyclic amines) is 2. The van der Waals surface area contributed by atoms with Gasteiger partial charge in [0.25, 0.3) is 0 Å². The lowest BCUT2D eigenvalue weighted by molar-refractivity contribution is -0.0101. The number of H-pyrrole nitrogens is 1. The predicted octanol–water partition coefficient (Wildman–Crippen LogP) is 7.46. The number of aliphatic hydroxyl groups excluding tert-OH is 1. The molecule has 0 aromatic carbocycles. The number of nitrogens with zero attached hydrogens (tertiary/aromatic N) is 4. The van der Waals surface area contributed by atoms with E-state index in [9.17, 15) is 14.4 Å². The molecule has 3 aromatic rings. The standard InChI is InChI=1S/C14H19ClN2O3.C9H11ClN2O.C9H17NO3.C5H4ClNO.2CH4/c1-14(2,3)20-13(18)17-7-10(8-17)9-19-11-4-5-16-12(15)6-11;10-9-3-8(1-2-12-9)13-6-7-4-11-5-7;1-9(2,3)13-8(12)10-4-7(5-10)6-11;6-5-3-4(8)1-2-7-5;;/h4-6,10H,7-9H2,1-3H3;1-3,7,11H,4-6H2;7,11H,4-6H2,1-3H3;1-3H,(H,7,8);2*1H4. The summed E-state index contributed by atoms with van der Waals surface area (Å²) in [5.74, 6) is 2.71. The second-order valence-corrected chi connectivity index (χ2v) is 16.0. The number of carbonyl (C=O) groups is 2. The van der Waals surface area contributed by atoms with Crippen molar-refractivity contribution in [2.24, 2.45) is 17.8 Å². The molecule has 0 bridgehead atoms. The molecule has 3 saturated heterocycles. The van der Waals surface area contributed by atoms with Crippen LogP contribution in [-0.2, 0) is 9.47 Å². The van der Waals surface area contributed by atoms with Crippen LogP contribution in [0.2, 0.25) is 15.5 Å². The highest BCUT2D eigenvalue weighted by Gasteiger charge is 2.34. The minimum Gasteiger partial charge on any atom is -0.493 e. The van der Waals surface area contributed by atoms with Crippen molar-refractivity contribution in [3.63, 3.8) is 0 Å². The number of amides is 2. The number of rotatable bonds is 7. The molecule has 3 fully saturated rings. The second-order valence-electron chi connectivity index (χ2n) is 14.8. The van der Waals surface area contributed by atoms with Crippen molar-refractivity contribution < 1.29 is 33.6 Å². The molecule has 0 atom stereocenters. The van der Waals surface area contributed by atoms with Gasteiger partial charge >= 0.3 is 12.2 Å². The van der Waals surface area contributed by atoms with Crippen LogP contribution in [0.25, 0.3) is 0 Å². The number of ether oxygens (including phenoxy) is 4. The summed E-state index contributed by atoms with van der Waals surface area (Å²) >= 11 is 16.9. The molecule has 0 saturated carbocycles. The molecule has 0 aliphatic carbocycles. The molecule has 0 spiro atoms. The van der Waals surface area contributed by atoms with Gasteiger partial charge in [-0.3, -0.25) is 4.79 Å². The lowest BCUT2D eigenvalue weighted by Crippen LogP contribution is -2.53. The summed E-state index contributed by atoms with van der Waals surface area (Å²) in [5, 5.41) is 13.2. The molecule has 0 radical (unpaired) electrons. The van der Waals surface area contributed by atoms with Crippen molar-refractivity contribution in [3.8, 4) is 11.5 Å². The van der Waals surface area contributed by atoms with Crippen molar-refractivity contribution in [3.05, 3.63) is 80.7 Å². The lowest BCUT2D eigenvalue weighted by atomic mass is 10.0. The first kappa shape index (κ1) is 50.2. The number of carbonyl (C=O) groups excluding carboxylic acids is 2. The Kier molecular flexibility index (Phi) is 21.6. The van der Waals surface area contributed by atoms with E-state index in [4.69, 9.17) is 58.9 Å². The molecule has 3 aliphatic rings. The first-order valence-corrected chi connectivity index (χ1v) is 18.6. The quantitative estimate of drug-likeness (QED) is 0.202. The summed E-state index contributed by atoms with van der Waals surface area (Å²) in [6.45, 7) is 17.2. The molecule has 3 aliphatic heterocycles. The molecule has 56 heavy (non-hydrogen) atoms. The number of hydrogen-bond acceptors (Lipinski definition) is 11. The number of pyridine rings is 3. The molecule has 0 unspecified atom stereocenters. The third-order valence-electron chi connectivity index (χ3n) is 7.45. The van der Waals surface area contributed by atoms with Gasteiger partial charge in [0.2, 0.25) is 0 Å². The third-order valence-corrected chi connectivity index (χ3v) is 8.08. The second kappa shape index (κ2) is 24.1. The zero-order valence-electron chi connectivity index (χ0n) is 31.5. The van der Waals surface area contributed by atoms with Crippen LogP contribution in [0.3, 0.4) is 0 Å². The first-order valence-electron chi connectivity index (χ1n) is 17.5. The lowest BCUT2D eigenvalue weighted by Gasteiger charge is -2.39. The van der Waals surface area contributed by atoms with E-state index in [0.717, 1.165) is 25.4 Å². The Morgan fingerprint density at radius 2 is 1.20 bits per heavy atom. The van der Waals surface area contributed by atoms with E-state index in [1.54, 1.807) is 40.4 Å². The number of aromatic nitrogens is 3. The summed E-state index contributed by atoms with van der Waals surface area (Å²) in [5.41, 5.74) is -0.956. The third kappa shape index (κ3) is 19.9. The van der Waals surface area contributed by atoms with Gasteiger partial charge in [0.15, 0.2) is 5.43 Å². The van der Waals surface area contributed by atoms with Crippen molar-refractivity contribution in [2.75, 3.05) is 59.1 Å². The zero-order valence-corrected chi connectivity index (χ0v) is 33.8. The highest BCUT2D eigenvalue weighted by molar-refractivity contribution is 6.30. The highest BCUT2D eigenvalue weighted by Crippen LogP contribution is 2.22. The minimum atomic E-state index is -0.452. The van der Waals surface area contributed by atoms with E-state index in [1.807, 2.05) is 47.6 Å². The molecule has 14 nitrogen and oxygen atoms in total. The summed E-state index contributed by atoms with van der Waals surface area (Å²) in [6.07, 6.45) is 4.21. The molecular weight excluding hydrogens is 787 g/mol. The molecule has 6 heterocycles. The molecule has 6 rings (SSSR count). The Balaban J connectivity index is 0.000000386. The van der Waals surface area contributed by atoms with Gasteiger partial charge in [-0.05, 0) is 53.7 Å². The van der Waals surface area contributed by atoms with Gasteiger partial charge in [-0.2, -0.15) is 0 Å². The van der Waals surface area contributed by atoms with E-state index in [2.05, 4.69) is 20.3 Å². The fourth-order valence-corrected chi connectivity index (χ4v) is 5.07. The molecule has 17 heteroatoms. The van der Waals surface area contributed by atoms with E-state index < -0.39 is 11.2 Å². The van der Waals surface area contributed by atoms with Crippen LogP contribution in [0.4, 0.5) is 9.59 Å². The fraction of sp³-hybridized carbons (Fsp3) is 0.564. The Hall–Kier alpha value is -3.82. The van der Waals surface area contributed by atoms with E-state index in [-0.39, 0.29) is 45.0 Å². The highest BCUT2D eigenvalue weighted by atomic mass is 35.5. The van der Waals surface area contributed by atoms with Gasteiger partial charge in [-0.25, -0.2) is 19.6 Å². The largest absolute Gasteiger partial charge is 0.493 e. The normalized spacial score (nSPS) is 15.0.